The van der Waals surface area contributed by atoms with Crippen LogP contribution in [0.25, 0.3) is 0 Å². The molecule has 1 rings (SSSR count). The molecular formula is C12H20O2. The van der Waals surface area contributed by atoms with Crippen LogP contribution in [-0.4, -0.2) is 12.1 Å². The van der Waals surface area contributed by atoms with Crippen LogP contribution in [0.2, 0.25) is 0 Å². The summed E-state index contributed by atoms with van der Waals surface area (Å²) in [5.41, 5.74) is 0. The number of esters is 1. The second-order valence-corrected chi connectivity index (χ2v) is 3.86. The number of unbranched alkanes of at least 4 members (excludes halogenated alkanes) is 3. The molecule has 0 amide bonds. The quantitative estimate of drug-likeness (QED) is 0.370. The van der Waals surface area contributed by atoms with Crippen molar-refractivity contribution in [3.63, 3.8) is 0 Å². The summed E-state index contributed by atoms with van der Waals surface area (Å²) < 4.78 is 5.14. The summed E-state index contributed by atoms with van der Waals surface area (Å²) in [5.74, 6) is -0.0103. The Morgan fingerprint density at radius 1 is 1.43 bits per heavy atom. The Morgan fingerprint density at radius 2 is 2.29 bits per heavy atom. The molecule has 1 fully saturated rings. The van der Waals surface area contributed by atoms with E-state index >= 15 is 0 Å². The molecule has 2 heteroatoms. The lowest BCUT2D eigenvalue weighted by molar-refractivity contribution is -0.141. The maximum atomic E-state index is 10.8. The van der Waals surface area contributed by atoms with Crippen molar-refractivity contribution >= 4 is 5.97 Å². The van der Waals surface area contributed by atoms with E-state index in [1.54, 1.807) is 0 Å². The number of cyclic esters (lactones) is 1. The minimum absolute atomic E-state index is 0.0103. The van der Waals surface area contributed by atoms with E-state index in [9.17, 15) is 4.79 Å². The molecule has 1 heterocycles. The first-order valence-electron chi connectivity index (χ1n) is 5.63. The molecule has 0 N–H and O–H groups in total. The number of allylic oxidation sites excluding steroid dienone is 2. The zero-order chi connectivity index (χ0) is 10.2. The summed E-state index contributed by atoms with van der Waals surface area (Å²) in [7, 11) is 0. The lowest BCUT2D eigenvalue weighted by atomic mass is 10.1. The molecule has 0 radical (unpaired) electrons. The average molecular weight is 196 g/mol. The SMILES string of the molecule is C/C=C/CCCCCC1CCC(=O)O1. The number of hydrogen-bond acceptors (Lipinski definition) is 2. The number of carbonyl (C=O) groups is 1. The van der Waals surface area contributed by atoms with Gasteiger partial charge in [0.15, 0.2) is 0 Å². The Bertz CT molecular complexity index is 196. The van der Waals surface area contributed by atoms with Crippen LogP contribution in [0.5, 0.6) is 0 Å². The van der Waals surface area contributed by atoms with Gasteiger partial charge in [-0.15, -0.1) is 0 Å². The molecule has 0 bridgehead atoms. The molecule has 1 atom stereocenters. The largest absolute Gasteiger partial charge is 0.462 e. The van der Waals surface area contributed by atoms with Crippen molar-refractivity contribution in [2.24, 2.45) is 0 Å². The van der Waals surface area contributed by atoms with Gasteiger partial charge in [0, 0.05) is 6.42 Å². The average Bonchev–Trinajstić information content (AvgIpc) is 2.58. The first kappa shape index (κ1) is 11.3. The highest BCUT2D eigenvalue weighted by molar-refractivity contribution is 5.71. The van der Waals surface area contributed by atoms with Gasteiger partial charge >= 0.3 is 5.97 Å². The maximum absolute atomic E-state index is 10.8. The summed E-state index contributed by atoms with van der Waals surface area (Å²) in [5, 5.41) is 0. The van der Waals surface area contributed by atoms with Gasteiger partial charge in [0.25, 0.3) is 0 Å². The van der Waals surface area contributed by atoms with E-state index in [0.29, 0.717) is 6.42 Å². The van der Waals surface area contributed by atoms with Crippen LogP contribution in [0.4, 0.5) is 0 Å². The van der Waals surface area contributed by atoms with Crippen LogP contribution in [0, 0.1) is 0 Å². The van der Waals surface area contributed by atoms with Crippen LogP contribution in [-0.2, 0) is 9.53 Å². The molecule has 0 spiro atoms. The monoisotopic (exact) mass is 196 g/mol. The fourth-order valence-electron chi connectivity index (χ4n) is 1.76. The second-order valence-electron chi connectivity index (χ2n) is 3.86. The van der Waals surface area contributed by atoms with E-state index in [4.69, 9.17) is 4.74 Å². The Balaban J connectivity index is 1.91. The predicted molar refractivity (Wildman–Crippen MR) is 57.0 cm³/mol. The summed E-state index contributed by atoms with van der Waals surface area (Å²) in [6.07, 6.45) is 12.0. The van der Waals surface area contributed by atoms with Crippen LogP contribution >= 0.6 is 0 Å². The van der Waals surface area contributed by atoms with E-state index in [1.807, 2.05) is 0 Å². The molecule has 1 aliphatic heterocycles. The maximum Gasteiger partial charge on any atom is 0.306 e. The predicted octanol–water partition coefficient (Wildman–Crippen LogP) is 3.22. The van der Waals surface area contributed by atoms with Crippen molar-refractivity contribution in [2.75, 3.05) is 0 Å². The van der Waals surface area contributed by atoms with Gasteiger partial charge in [0.2, 0.25) is 0 Å². The molecule has 2 nitrogen and oxygen atoms in total. The van der Waals surface area contributed by atoms with Crippen LogP contribution < -0.4 is 0 Å². The minimum atomic E-state index is -0.0103. The Hall–Kier alpha value is -0.790. The molecule has 14 heavy (non-hydrogen) atoms. The van der Waals surface area contributed by atoms with E-state index in [1.165, 1.54) is 25.7 Å². The molecule has 0 aromatic heterocycles. The highest BCUT2D eigenvalue weighted by atomic mass is 16.5. The number of carbonyl (C=O) groups excluding carboxylic acids is 1. The van der Waals surface area contributed by atoms with Crippen molar-refractivity contribution in [3.8, 4) is 0 Å². The number of hydrogen-bond donors (Lipinski definition) is 0. The van der Waals surface area contributed by atoms with Gasteiger partial charge in [-0.25, -0.2) is 0 Å². The topological polar surface area (TPSA) is 26.3 Å². The fraction of sp³-hybridized carbons (Fsp3) is 0.750. The Labute approximate surface area is 86.3 Å². The molecule has 1 unspecified atom stereocenters. The van der Waals surface area contributed by atoms with E-state index < -0.39 is 0 Å². The molecule has 0 aromatic rings. The first-order valence-corrected chi connectivity index (χ1v) is 5.63. The number of ether oxygens (including phenoxy) is 1. The van der Waals surface area contributed by atoms with Crippen molar-refractivity contribution in [1.29, 1.82) is 0 Å². The molecular weight excluding hydrogens is 176 g/mol. The summed E-state index contributed by atoms with van der Waals surface area (Å²) in [6.45, 7) is 2.05. The Morgan fingerprint density at radius 3 is 2.93 bits per heavy atom. The van der Waals surface area contributed by atoms with Gasteiger partial charge < -0.3 is 4.74 Å². The molecule has 1 aliphatic rings. The van der Waals surface area contributed by atoms with Crippen LogP contribution in [0.3, 0.4) is 0 Å². The summed E-state index contributed by atoms with van der Waals surface area (Å²) in [6, 6.07) is 0. The number of rotatable bonds is 6. The van der Waals surface area contributed by atoms with E-state index in [0.717, 1.165) is 12.8 Å². The fourth-order valence-corrected chi connectivity index (χ4v) is 1.76. The summed E-state index contributed by atoms with van der Waals surface area (Å²) >= 11 is 0. The van der Waals surface area contributed by atoms with Crippen molar-refractivity contribution in [1.82, 2.24) is 0 Å². The smallest absolute Gasteiger partial charge is 0.306 e. The lowest BCUT2D eigenvalue weighted by Crippen LogP contribution is -2.05. The minimum Gasteiger partial charge on any atom is -0.462 e. The van der Waals surface area contributed by atoms with E-state index in [2.05, 4.69) is 19.1 Å². The van der Waals surface area contributed by atoms with Crippen LogP contribution in [0.1, 0.15) is 51.9 Å². The summed E-state index contributed by atoms with van der Waals surface area (Å²) in [4.78, 5) is 10.8. The zero-order valence-electron chi connectivity index (χ0n) is 9.00. The molecule has 80 valence electrons. The van der Waals surface area contributed by atoms with Crippen LogP contribution in [0.15, 0.2) is 12.2 Å². The highest BCUT2D eigenvalue weighted by Gasteiger charge is 2.22. The van der Waals surface area contributed by atoms with E-state index in [-0.39, 0.29) is 12.1 Å². The van der Waals surface area contributed by atoms with Crippen molar-refractivity contribution in [3.05, 3.63) is 12.2 Å². The third kappa shape index (κ3) is 4.45. The van der Waals surface area contributed by atoms with Gasteiger partial charge in [0.05, 0.1) is 0 Å². The molecule has 1 saturated heterocycles. The van der Waals surface area contributed by atoms with Gasteiger partial charge in [0.1, 0.15) is 6.10 Å². The van der Waals surface area contributed by atoms with Gasteiger partial charge in [-0.3, -0.25) is 4.79 Å². The third-order valence-electron chi connectivity index (χ3n) is 2.60. The molecule has 0 saturated carbocycles. The van der Waals surface area contributed by atoms with Gasteiger partial charge in [-0.2, -0.15) is 0 Å². The lowest BCUT2D eigenvalue weighted by Gasteiger charge is -2.07. The van der Waals surface area contributed by atoms with Gasteiger partial charge in [-0.05, 0) is 39.0 Å². The van der Waals surface area contributed by atoms with Crippen molar-refractivity contribution in [2.45, 2.75) is 58.0 Å². The Kier molecular flexibility index (Phi) is 5.35. The van der Waals surface area contributed by atoms with Gasteiger partial charge in [-0.1, -0.05) is 18.6 Å². The van der Waals surface area contributed by atoms with Crippen molar-refractivity contribution < 1.29 is 9.53 Å². The second kappa shape index (κ2) is 6.63. The standard InChI is InChI=1S/C12H20O2/c1-2-3-4-5-6-7-8-11-9-10-12(13)14-11/h2-3,11H,4-10H2,1H3/b3-2+. The third-order valence-corrected chi connectivity index (χ3v) is 2.60. The molecule has 0 aliphatic carbocycles. The normalized spacial score (nSPS) is 21.8. The zero-order valence-corrected chi connectivity index (χ0v) is 9.00. The first-order chi connectivity index (χ1) is 6.83. The molecule has 0 aromatic carbocycles. The highest BCUT2D eigenvalue weighted by Crippen LogP contribution is 2.19.